The Balaban J connectivity index is 0.00000364. The van der Waals surface area contributed by atoms with Crippen molar-refractivity contribution in [2.75, 3.05) is 13.6 Å². The van der Waals surface area contributed by atoms with Gasteiger partial charge < -0.3 is 15.2 Å². The number of aliphatic imine (C=N–C) groups is 1. The summed E-state index contributed by atoms with van der Waals surface area (Å²) in [7, 11) is 3.78. The second kappa shape index (κ2) is 10.1. The van der Waals surface area contributed by atoms with Crippen molar-refractivity contribution in [3.05, 3.63) is 34.0 Å². The predicted octanol–water partition coefficient (Wildman–Crippen LogP) is 3.16. The first-order valence-electron chi connectivity index (χ1n) is 9.13. The van der Waals surface area contributed by atoms with Gasteiger partial charge in [-0.3, -0.25) is 9.67 Å². The topological polar surface area (TPSA) is 80.3 Å². The Morgan fingerprint density at radius 3 is 2.33 bits per heavy atom. The summed E-state index contributed by atoms with van der Waals surface area (Å²) in [5.74, 6) is 1.98. The molecule has 152 valence electrons. The van der Waals surface area contributed by atoms with Crippen LogP contribution in [0.15, 0.2) is 9.52 Å². The summed E-state index contributed by atoms with van der Waals surface area (Å²) in [5, 5.41) is 15.4. The lowest BCUT2D eigenvalue weighted by molar-refractivity contribution is 0.391. The highest BCUT2D eigenvalue weighted by Gasteiger charge is 2.18. The minimum absolute atomic E-state index is 0. The summed E-state index contributed by atoms with van der Waals surface area (Å²) in [5.41, 5.74) is 5.73. The molecule has 0 aromatic carbocycles. The summed E-state index contributed by atoms with van der Waals surface area (Å²) in [6.45, 7) is 13.2. The van der Waals surface area contributed by atoms with E-state index in [4.69, 9.17) is 4.52 Å². The van der Waals surface area contributed by atoms with Gasteiger partial charge in [-0.2, -0.15) is 5.10 Å². The third kappa shape index (κ3) is 5.70. The van der Waals surface area contributed by atoms with Crippen molar-refractivity contribution in [2.24, 2.45) is 12.0 Å². The second-order valence-electron chi connectivity index (χ2n) is 7.11. The molecule has 0 spiro atoms. The first kappa shape index (κ1) is 23.5. The van der Waals surface area contributed by atoms with Gasteiger partial charge in [0.25, 0.3) is 0 Å². The summed E-state index contributed by atoms with van der Waals surface area (Å²) in [6, 6.07) is 0.247. The number of hydrogen-bond donors (Lipinski definition) is 2. The molecular formula is C19H33IN6O. The molecule has 0 fully saturated rings. The van der Waals surface area contributed by atoms with Crippen LogP contribution in [-0.4, -0.2) is 40.5 Å². The smallest absolute Gasteiger partial charge is 0.191 e. The van der Waals surface area contributed by atoms with E-state index in [1.54, 1.807) is 7.05 Å². The van der Waals surface area contributed by atoms with Gasteiger partial charge in [0.05, 0.1) is 11.4 Å². The number of aryl methyl sites for hydroxylation is 4. The number of nitrogens with zero attached hydrogens (tertiary/aromatic N) is 4. The number of halogens is 1. The fourth-order valence-corrected chi connectivity index (χ4v) is 3.44. The monoisotopic (exact) mass is 488 g/mol. The van der Waals surface area contributed by atoms with Crippen LogP contribution in [0, 0.1) is 27.7 Å². The number of aromatic nitrogens is 3. The van der Waals surface area contributed by atoms with E-state index < -0.39 is 0 Å². The molecule has 0 aliphatic heterocycles. The minimum Gasteiger partial charge on any atom is -0.361 e. The molecule has 2 N–H and O–H groups in total. The van der Waals surface area contributed by atoms with Gasteiger partial charge in [-0.25, -0.2) is 0 Å². The van der Waals surface area contributed by atoms with E-state index in [0.29, 0.717) is 0 Å². The average molecular weight is 488 g/mol. The summed E-state index contributed by atoms with van der Waals surface area (Å²) < 4.78 is 7.21. The molecule has 2 rings (SSSR count). The van der Waals surface area contributed by atoms with E-state index in [-0.39, 0.29) is 35.9 Å². The molecule has 0 aliphatic carbocycles. The number of guanidine groups is 1. The summed E-state index contributed by atoms with van der Waals surface area (Å²) >= 11 is 0. The van der Waals surface area contributed by atoms with Crippen molar-refractivity contribution < 1.29 is 4.52 Å². The zero-order valence-electron chi connectivity index (χ0n) is 17.7. The number of rotatable bonds is 6. The van der Waals surface area contributed by atoms with Crippen molar-refractivity contribution in [1.82, 2.24) is 25.6 Å². The lowest BCUT2D eigenvalue weighted by atomic mass is 10.00. The van der Waals surface area contributed by atoms with Crippen LogP contribution in [0.1, 0.15) is 53.7 Å². The van der Waals surface area contributed by atoms with Crippen LogP contribution in [0.25, 0.3) is 0 Å². The van der Waals surface area contributed by atoms with Crippen molar-refractivity contribution in [3.63, 3.8) is 0 Å². The average Bonchev–Trinajstić information content (AvgIpc) is 3.04. The molecule has 0 saturated heterocycles. The maximum Gasteiger partial charge on any atom is 0.191 e. The van der Waals surface area contributed by atoms with Crippen molar-refractivity contribution in [2.45, 2.75) is 59.9 Å². The molecule has 7 nitrogen and oxygen atoms in total. The maximum absolute atomic E-state index is 5.27. The highest BCUT2D eigenvalue weighted by atomic mass is 127. The van der Waals surface area contributed by atoms with E-state index in [0.717, 1.165) is 36.1 Å². The number of hydrogen-bond acceptors (Lipinski definition) is 4. The molecular weight excluding hydrogens is 455 g/mol. The van der Waals surface area contributed by atoms with E-state index in [2.05, 4.69) is 53.6 Å². The zero-order valence-corrected chi connectivity index (χ0v) is 20.0. The van der Waals surface area contributed by atoms with E-state index in [1.165, 1.54) is 16.8 Å². The first-order chi connectivity index (χ1) is 12.2. The zero-order chi connectivity index (χ0) is 19.4. The molecule has 0 radical (unpaired) electrons. The van der Waals surface area contributed by atoms with Gasteiger partial charge >= 0.3 is 0 Å². The lowest BCUT2D eigenvalue weighted by Crippen LogP contribution is -2.44. The molecule has 2 aromatic rings. The number of nitrogens with one attached hydrogen (secondary N) is 2. The third-order valence-corrected chi connectivity index (χ3v) is 4.93. The van der Waals surface area contributed by atoms with Crippen LogP contribution in [0.5, 0.6) is 0 Å². The first-order valence-corrected chi connectivity index (χ1v) is 9.13. The Hall–Kier alpha value is -1.58. The largest absolute Gasteiger partial charge is 0.361 e. The normalized spacial score (nSPS) is 13.9. The maximum atomic E-state index is 5.27. The molecule has 0 aliphatic rings. The summed E-state index contributed by atoms with van der Waals surface area (Å²) in [6.07, 6.45) is 0.908. The quantitative estimate of drug-likeness (QED) is 0.371. The molecule has 0 saturated carbocycles. The van der Waals surface area contributed by atoms with Gasteiger partial charge in [-0.15, -0.1) is 24.0 Å². The van der Waals surface area contributed by atoms with E-state index in [1.807, 2.05) is 25.6 Å². The fourth-order valence-electron chi connectivity index (χ4n) is 3.44. The van der Waals surface area contributed by atoms with Crippen LogP contribution in [-0.2, 0) is 13.5 Å². The van der Waals surface area contributed by atoms with Gasteiger partial charge in [0, 0.05) is 43.9 Å². The van der Waals surface area contributed by atoms with Crippen LogP contribution >= 0.6 is 24.0 Å². The van der Waals surface area contributed by atoms with Gasteiger partial charge in [0.2, 0.25) is 0 Å². The molecule has 2 aromatic heterocycles. The van der Waals surface area contributed by atoms with E-state index >= 15 is 0 Å². The predicted molar refractivity (Wildman–Crippen MR) is 120 cm³/mol. The molecule has 0 bridgehead atoms. The van der Waals surface area contributed by atoms with Crippen LogP contribution in [0.4, 0.5) is 0 Å². The van der Waals surface area contributed by atoms with Crippen molar-refractivity contribution >= 4 is 29.9 Å². The Morgan fingerprint density at radius 1 is 1.19 bits per heavy atom. The SMILES string of the molecule is CN=C(NCC(C)c1c(C)noc1C)NC(C)Cc1c(C)nn(C)c1C.I. The van der Waals surface area contributed by atoms with Crippen molar-refractivity contribution in [3.8, 4) is 0 Å². The third-order valence-electron chi connectivity index (χ3n) is 4.93. The van der Waals surface area contributed by atoms with Gasteiger partial charge in [0.1, 0.15) is 5.76 Å². The minimum atomic E-state index is 0. The second-order valence-corrected chi connectivity index (χ2v) is 7.11. The Bertz CT molecular complexity index is 760. The Morgan fingerprint density at radius 2 is 1.85 bits per heavy atom. The molecule has 8 heteroatoms. The Kier molecular flexibility index (Phi) is 8.77. The van der Waals surface area contributed by atoms with E-state index in [9.17, 15) is 0 Å². The molecule has 2 unspecified atom stereocenters. The fraction of sp³-hybridized carbons (Fsp3) is 0.632. The van der Waals surface area contributed by atoms with Crippen LogP contribution < -0.4 is 10.6 Å². The molecule has 2 atom stereocenters. The molecule has 27 heavy (non-hydrogen) atoms. The standard InChI is InChI=1S/C19H32N6O.HI/c1-11(18-14(4)24-26-16(18)6)10-21-19(20-7)22-12(2)9-17-13(3)23-25(8)15(17)5;/h11-12H,9-10H2,1-8H3,(H2,20,21,22);1H. The summed E-state index contributed by atoms with van der Waals surface area (Å²) in [4.78, 5) is 4.35. The Labute approximate surface area is 179 Å². The van der Waals surface area contributed by atoms with Gasteiger partial charge in [-0.05, 0) is 46.6 Å². The van der Waals surface area contributed by atoms with Crippen LogP contribution in [0.3, 0.4) is 0 Å². The van der Waals surface area contributed by atoms with Gasteiger partial charge in [-0.1, -0.05) is 12.1 Å². The van der Waals surface area contributed by atoms with Gasteiger partial charge in [0.15, 0.2) is 5.96 Å². The van der Waals surface area contributed by atoms with Crippen molar-refractivity contribution in [1.29, 1.82) is 0 Å². The highest BCUT2D eigenvalue weighted by Crippen LogP contribution is 2.22. The van der Waals surface area contributed by atoms with Crippen LogP contribution in [0.2, 0.25) is 0 Å². The molecule has 2 heterocycles. The highest BCUT2D eigenvalue weighted by molar-refractivity contribution is 14.0. The lowest BCUT2D eigenvalue weighted by Gasteiger charge is -2.20. The molecule has 0 amide bonds.